The van der Waals surface area contributed by atoms with E-state index in [1.807, 2.05) is 11.6 Å². The molecule has 0 aliphatic carbocycles. The fourth-order valence-corrected chi connectivity index (χ4v) is 3.14. The van der Waals surface area contributed by atoms with E-state index >= 15 is 0 Å². The lowest BCUT2D eigenvalue weighted by Crippen LogP contribution is -2.40. The van der Waals surface area contributed by atoms with E-state index in [0.29, 0.717) is 6.42 Å². The Morgan fingerprint density at radius 3 is 2.70 bits per heavy atom. The van der Waals surface area contributed by atoms with Crippen LogP contribution in [0, 0.1) is 5.82 Å². The number of hydrogen-bond donors (Lipinski definition) is 2. The maximum atomic E-state index is 13.5. The van der Waals surface area contributed by atoms with Gasteiger partial charge >= 0.3 is 5.97 Å². The quantitative estimate of drug-likeness (QED) is 0.807. The molecule has 0 aliphatic heterocycles. The Labute approximate surface area is 121 Å². The molecule has 0 aliphatic rings. The molecule has 0 amide bonds. The molecule has 5 nitrogen and oxygen atoms in total. The average Bonchev–Trinajstić information content (AvgIpc) is 2.36. The van der Waals surface area contributed by atoms with Crippen molar-refractivity contribution < 1.29 is 22.7 Å². The van der Waals surface area contributed by atoms with Crippen LogP contribution in [0.2, 0.25) is 5.02 Å². The topological polar surface area (TPSA) is 83.5 Å². The number of unbranched alkanes of at least 4 members (excludes halogenated alkanes) is 1. The third-order valence-corrected chi connectivity index (χ3v) is 4.35. The molecule has 0 heterocycles. The average molecular weight is 324 g/mol. The molecule has 0 aromatic heterocycles. The third-order valence-electron chi connectivity index (χ3n) is 2.62. The normalized spacial score (nSPS) is 13.2. The predicted molar refractivity (Wildman–Crippen MR) is 72.7 cm³/mol. The van der Waals surface area contributed by atoms with Gasteiger partial charge in [-0.2, -0.15) is 4.72 Å². The minimum Gasteiger partial charge on any atom is -0.480 e. The minimum absolute atomic E-state index is 0.0483. The molecule has 0 radical (unpaired) electrons. The van der Waals surface area contributed by atoms with Gasteiger partial charge in [-0.1, -0.05) is 31.4 Å². The van der Waals surface area contributed by atoms with Gasteiger partial charge in [0.05, 0.1) is 0 Å². The van der Waals surface area contributed by atoms with Gasteiger partial charge in [0.1, 0.15) is 16.8 Å². The Balaban J connectivity index is 3.03. The molecule has 0 unspecified atom stereocenters. The van der Waals surface area contributed by atoms with Crippen LogP contribution >= 0.6 is 11.6 Å². The van der Waals surface area contributed by atoms with Crippen molar-refractivity contribution in [2.24, 2.45) is 0 Å². The van der Waals surface area contributed by atoms with Gasteiger partial charge in [-0.15, -0.1) is 0 Å². The summed E-state index contributed by atoms with van der Waals surface area (Å²) in [6.07, 6.45) is 1.39. The third kappa shape index (κ3) is 4.43. The summed E-state index contributed by atoms with van der Waals surface area (Å²) in [5.41, 5.74) is 0. The van der Waals surface area contributed by atoms with E-state index in [4.69, 9.17) is 16.7 Å². The SMILES string of the molecule is CCCC[C@H](NS(=O)(=O)c1cc(Cl)ccc1F)C(=O)O. The molecule has 0 saturated carbocycles. The summed E-state index contributed by atoms with van der Waals surface area (Å²) in [6.45, 7) is 1.85. The molecule has 0 spiro atoms. The molecular weight excluding hydrogens is 309 g/mol. The molecule has 0 fully saturated rings. The Hall–Kier alpha value is -1.18. The van der Waals surface area contributed by atoms with E-state index in [1.54, 1.807) is 0 Å². The van der Waals surface area contributed by atoms with Crippen LogP contribution in [0.15, 0.2) is 23.1 Å². The van der Waals surface area contributed by atoms with E-state index in [-0.39, 0.29) is 11.4 Å². The highest BCUT2D eigenvalue weighted by Crippen LogP contribution is 2.20. The first kappa shape index (κ1) is 16.9. The molecule has 1 atom stereocenters. The highest BCUT2D eigenvalue weighted by atomic mass is 35.5. The number of carboxylic acids is 1. The van der Waals surface area contributed by atoms with Gasteiger partial charge < -0.3 is 5.11 Å². The summed E-state index contributed by atoms with van der Waals surface area (Å²) in [6, 6.07) is 1.77. The predicted octanol–water partition coefficient (Wildman–Crippen LogP) is 2.40. The molecule has 2 N–H and O–H groups in total. The van der Waals surface area contributed by atoms with Gasteiger partial charge in [0.15, 0.2) is 0 Å². The van der Waals surface area contributed by atoms with Crippen LogP contribution < -0.4 is 4.72 Å². The van der Waals surface area contributed by atoms with E-state index in [0.717, 1.165) is 18.6 Å². The van der Waals surface area contributed by atoms with Crippen molar-refractivity contribution in [2.45, 2.75) is 37.1 Å². The lowest BCUT2D eigenvalue weighted by molar-refractivity contribution is -0.139. The maximum absolute atomic E-state index is 13.5. The van der Waals surface area contributed by atoms with Crippen molar-refractivity contribution in [2.75, 3.05) is 0 Å². The van der Waals surface area contributed by atoms with Gasteiger partial charge in [0, 0.05) is 5.02 Å². The highest BCUT2D eigenvalue weighted by molar-refractivity contribution is 7.89. The van der Waals surface area contributed by atoms with Crippen molar-refractivity contribution >= 4 is 27.6 Å². The number of carboxylic acid groups (broad SMARTS) is 1. The second-order valence-corrected chi connectivity index (χ2v) is 6.35. The smallest absolute Gasteiger partial charge is 0.321 e. The van der Waals surface area contributed by atoms with E-state index in [2.05, 4.69) is 0 Å². The van der Waals surface area contributed by atoms with Crippen LogP contribution in [-0.2, 0) is 14.8 Å². The van der Waals surface area contributed by atoms with E-state index in [9.17, 15) is 17.6 Å². The first-order valence-corrected chi connectivity index (χ1v) is 7.84. The molecule has 112 valence electrons. The Morgan fingerprint density at radius 1 is 1.50 bits per heavy atom. The summed E-state index contributed by atoms with van der Waals surface area (Å²) in [5.74, 6) is -2.29. The van der Waals surface area contributed by atoms with Gasteiger partial charge in [-0.05, 0) is 24.6 Å². The number of halogens is 2. The number of benzene rings is 1. The summed E-state index contributed by atoms with van der Waals surface area (Å²) in [5, 5.41) is 9.04. The zero-order valence-electron chi connectivity index (χ0n) is 10.8. The van der Waals surface area contributed by atoms with Crippen LogP contribution in [0.1, 0.15) is 26.2 Å². The van der Waals surface area contributed by atoms with Crippen molar-refractivity contribution in [3.05, 3.63) is 29.0 Å². The van der Waals surface area contributed by atoms with E-state index in [1.165, 1.54) is 6.07 Å². The van der Waals surface area contributed by atoms with Crippen LogP contribution in [0.4, 0.5) is 4.39 Å². The number of hydrogen-bond acceptors (Lipinski definition) is 3. The number of sulfonamides is 1. The van der Waals surface area contributed by atoms with Crippen molar-refractivity contribution in [1.29, 1.82) is 0 Å². The molecule has 0 saturated heterocycles. The van der Waals surface area contributed by atoms with Crippen molar-refractivity contribution in [3.63, 3.8) is 0 Å². The Morgan fingerprint density at radius 2 is 2.15 bits per heavy atom. The fourth-order valence-electron chi connectivity index (χ4n) is 1.57. The monoisotopic (exact) mass is 323 g/mol. The van der Waals surface area contributed by atoms with Crippen LogP contribution in [0.3, 0.4) is 0 Å². The second kappa shape index (κ2) is 7.01. The van der Waals surface area contributed by atoms with Crippen molar-refractivity contribution in [3.8, 4) is 0 Å². The first-order valence-electron chi connectivity index (χ1n) is 5.98. The van der Waals surface area contributed by atoms with Gasteiger partial charge in [-0.3, -0.25) is 4.79 Å². The summed E-state index contributed by atoms with van der Waals surface area (Å²) in [7, 11) is -4.28. The molecule has 0 bridgehead atoms. The largest absolute Gasteiger partial charge is 0.480 e. The van der Waals surface area contributed by atoms with Crippen molar-refractivity contribution in [1.82, 2.24) is 4.72 Å². The Bertz CT molecular complexity index is 591. The standard InChI is InChI=1S/C12H15ClFNO4S/c1-2-3-4-10(12(16)17)15-20(18,19)11-7-8(13)5-6-9(11)14/h5-7,10,15H,2-4H2,1H3,(H,16,17)/t10-/m0/s1. The Kier molecular flexibility index (Phi) is 5.91. The summed E-state index contributed by atoms with van der Waals surface area (Å²) >= 11 is 5.63. The molecule has 1 aromatic rings. The van der Waals surface area contributed by atoms with Gasteiger partial charge in [0.2, 0.25) is 10.0 Å². The first-order chi connectivity index (χ1) is 9.27. The summed E-state index contributed by atoms with van der Waals surface area (Å²) in [4.78, 5) is 10.4. The van der Waals surface area contributed by atoms with Crippen LogP contribution in [0.5, 0.6) is 0 Å². The number of rotatable bonds is 7. The highest BCUT2D eigenvalue weighted by Gasteiger charge is 2.27. The molecule has 20 heavy (non-hydrogen) atoms. The maximum Gasteiger partial charge on any atom is 0.321 e. The van der Waals surface area contributed by atoms with E-state index < -0.39 is 32.7 Å². The molecule has 8 heteroatoms. The number of aliphatic carboxylic acids is 1. The van der Waals surface area contributed by atoms with Crippen LogP contribution in [0.25, 0.3) is 0 Å². The second-order valence-electron chi connectivity index (χ2n) is 4.23. The van der Waals surface area contributed by atoms with Gasteiger partial charge in [0.25, 0.3) is 0 Å². The zero-order chi connectivity index (χ0) is 15.3. The van der Waals surface area contributed by atoms with Gasteiger partial charge in [-0.25, -0.2) is 12.8 Å². The zero-order valence-corrected chi connectivity index (χ0v) is 12.3. The lowest BCUT2D eigenvalue weighted by atomic mass is 10.1. The fraction of sp³-hybridized carbons (Fsp3) is 0.417. The number of carbonyl (C=O) groups is 1. The molecular formula is C12H15ClFNO4S. The number of nitrogens with one attached hydrogen (secondary N) is 1. The minimum atomic E-state index is -4.28. The summed E-state index contributed by atoms with van der Waals surface area (Å²) < 4.78 is 39.5. The lowest BCUT2D eigenvalue weighted by Gasteiger charge is -2.14. The molecule has 1 rings (SSSR count). The molecule has 1 aromatic carbocycles. The van der Waals surface area contributed by atoms with Crippen LogP contribution in [-0.4, -0.2) is 25.5 Å².